The fourth-order valence-corrected chi connectivity index (χ4v) is 4.84. The zero-order valence-electron chi connectivity index (χ0n) is 17.8. The smallest absolute Gasteiger partial charge is 0.273 e. The second kappa shape index (κ2) is 8.73. The van der Waals surface area contributed by atoms with Crippen LogP contribution in [0.5, 0.6) is 5.75 Å². The third kappa shape index (κ3) is 4.24. The molecule has 1 fully saturated rings. The van der Waals surface area contributed by atoms with Crippen molar-refractivity contribution >= 4 is 21.6 Å². The summed E-state index contributed by atoms with van der Waals surface area (Å²) in [7, 11) is -3.60. The Morgan fingerprint density at radius 2 is 1.81 bits per heavy atom. The summed E-state index contributed by atoms with van der Waals surface area (Å²) in [6.07, 6.45) is 0. The largest absolute Gasteiger partial charge is 0.507 e. The van der Waals surface area contributed by atoms with Crippen molar-refractivity contribution in [2.24, 2.45) is 0 Å². The number of phenols is 1. The number of anilines is 1. The molecule has 0 saturated carbocycles. The third-order valence-corrected chi connectivity index (χ3v) is 7.43. The van der Waals surface area contributed by atoms with Crippen LogP contribution in [-0.4, -0.2) is 60.2 Å². The lowest BCUT2D eigenvalue weighted by Gasteiger charge is -2.26. The number of ether oxygens (including phenoxy) is 1. The van der Waals surface area contributed by atoms with Crippen molar-refractivity contribution in [2.75, 3.05) is 31.6 Å². The topological polar surface area (TPSA) is 125 Å². The van der Waals surface area contributed by atoms with E-state index in [2.05, 4.69) is 15.5 Å². The number of hydrogen-bond acceptors (Lipinski definition) is 6. The lowest BCUT2D eigenvalue weighted by atomic mass is 10.0. The molecule has 10 heteroatoms. The number of morpholine rings is 1. The highest BCUT2D eigenvalue weighted by molar-refractivity contribution is 7.89. The number of carbonyl (C=O) groups is 1. The minimum Gasteiger partial charge on any atom is -0.507 e. The predicted molar refractivity (Wildman–Crippen MR) is 119 cm³/mol. The van der Waals surface area contributed by atoms with Crippen LogP contribution in [0.1, 0.15) is 21.6 Å². The molecule has 9 nitrogen and oxygen atoms in total. The maximum absolute atomic E-state index is 12.7. The summed E-state index contributed by atoms with van der Waals surface area (Å²) in [5.74, 6) is -0.309. The normalized spacial score (nSPS) is 14.9. The van der Waals surface area contributed by atoms with E-state index in [1.807, 2.05) is 19.9 Å². The van der Waals surface area contributed by atoms with Gasteiger partial charge < -0.3 is 15.2 Å². The zero-order chi connectivity index (χ0) is 22.9. The van der Waals surface area contributed by atoms with Gasteiger partial charge in [-0.05, 0) is 61.4 Å². The molecule has 3 N–H and O–H groups in total. The standard InChI is InChI=1S/C22H24N4O5S/c1-14-3-8-18(21(27)15(14)2)19-13-20(25-24-19)22(28)23-16-4-6-17(7-5-16)32(29,30)26-9-11-31-12-10-26/h3-8,13,27H,9-12H2,1-2H3,(H,23,28)(H,24,25). The molecule has 32 heavy (non-hydrogen) atoms. The van der Waals surface area contributed by atoms with Crippen molar-refractivity contribution in [3.63, 3.8) is 0 Å². The molecule has 0 spiro atoms. The van der Waals surface area contributed by atoms with Crippen molar-refractivity contribution in [1.29, 1.82) is 0 Å². The van der Waals surface area contributed by atoms with Crippen LogP contribution >= 0.6 is 0 Å². The number of nitrogens with zero attached hydrogens (tertiary/aromatic N) is 2. The Kier molecular flexibility index (Phi) is 6.00. The van der Waals surface area contributed by atoms with Crippen LogP contribution in [0.2, 0.25) is 0 Å². The number of amides is 1. The summed E-state index contributed by atoms with van der Waals surface area (Å²) >= 11 is 0. The maximum Gasteiger partial charge on any atom is 0.273 e. The summed E-state index contributed by atoms with van der Waals surface area (Å²) in [5.41, 5.74) is 3.34. The predicted octanol–water partition coefficient (Wildman–Crippen LogP) is 2.67. The summed E-state index contributed by atoms with van der Waals surface area (Å²) in [6.45, 7) is 5.11. The van der Waals surface area contributed by atoms with Crippen molar-refractivity contribution < 1.29 is 23.1 Å². The number of hydrogen-bond donors (Lipinski definition) is 3. The Hall–Kier alpha value is -3.21. The summed E-state index contributed by atoms with van der Waals surface area (Å²) in [4.78, 5) is 12.8. The Morgan fingerprint density at radius 1 is 1.12 bits per heavy atom. The van der Waals surface area contributed by atoms with Crippen molar-refractivity contribution in [3.05, 3.63) is 59.3 Å². The van der Waals surface area contributed by atoms with Crippen LogP contribution in [0, 0.1) is 13.8 Å². The van der Waals surface area contributed by atoms with E-state index in [9.17, 15) is 18.3 Å². The maximum atomic E-state index is 12.7. The SMILES string of the molecule is Cc1ccc(-c2cc(C(=O)Nc3ccc(S(=O)(=O)N4CCOCC4)cc3)[nH]n2)c(O)c1C. The number of aromatic hydroxyl groups is 1. The van der Waals surface area contributed by atoms with E-state index < -0.39 is 15.9 Å². The summed E-state index contributed by atoms with van der Waals surface area (Å²) in [5, 5.41) is 19.9. The molecule has 168 valence electrons. The molecule has 0 bridgehead atoms. The number of aryl methyl sites for hydroxylation is 1. The molecule has 0 aliphatic carbocycles. The highest BCUT2D eigenvalue weighted by Gasteiger charge is 2.26. The molecule has 1 aliphatic heterocycles. The van der Waals surface area contributed by atoms with Gasteiger partial charge in [-0.3, -0.25) is 9.89 Å². The van der Waals surface area contributed by atoms with Gasteiger partial charge in [-0.1, -0.05) is 6.07 Å². The number of aromatic amines is 1. The van der Waals surface area contributed by atoms with E-state index in [4.69, 9.17) is 4.74 Å². The van der Waals surface area contributed by atoms with Crippen molar-refractivity contribution in [1.82, 2.24) is 14.5 Å². The average molecular weight is 457 g/mol. The monoisotopic (exact) mass is 456 g/mol. The average Bonchev–Trinajstić information content (AvgIpc) is 3.29. The van der Waals surface area contributed by atoms with Gasteiger partial charge in [0.2, 0.25) is 10.0 Å². The first-order chi connectivity index (χ1) is 15.3. The lowest BCUT2D eigenvalue weighted by molar-refractivity contribution is 0.0730. The number of aromatic nitrogens is 2. The second-order valence-electron chi connectivity index (χ2n) is 7.57. The molecular weight excluding hydrogens is 432 g/mol. The molecule has 4 rings (SSSR count). The molecule has 1 aromatic heterocycles. The lowest BCUT2D eigenvalue weighted by Crippen LogP contribution is -2.40. The molecule has 1 aliphatic rings. The molecule has 0 unspecified atom stereocenters. The number of nitrogens with one attached hydrogen (secondary N) is 2. The quantitative estimate of drug-likeness (QED) is 0.542. The molecule has 1 saturated heterocycles. The van der Waals surface area contributed by atoms with Gasteiger partial charge in [0.1, 0.15) is 11.4 Å². The van der Waals surface area contributed by atoms with E-state index in [1.54, 1.807) is 12.1 Å². The summed E-state index contributed by atoms with van der Waals surface area (Å²) in [6, 6.07) is 11.2. The van der Waals surface area contributed by atoms with Crippen molar-refractivity contribution in [2.45, 2.75) is 18.7 Å². The second-order valence-corrected chi connectivity index (χ2v) is 9.50. The minimum absolute atomic E-state index is 0.125. The van der Waals surface area contributed by atoms with Gasteiger partial charge >= 0.3 is 0 Å². The van der Waals surface area contributed by atoms with Crippen LogP contribution < -0.4 is 5.32 Å². The number of rotatable bonds is 5. The molecule has 3 aromatic rings. The molecule has 1 amide bonds. The number of sulfonamides is 1. The van der Waals surface area contributed by atoms with Crippen LogP contribution in [0.4, 0.5) is 5.69 Å². The fourth-order valence-electron chi connectivity index (χ4n) is 3.43. The number of benzene rings is 2. The molecule has 0 atom stereocenters. The van der Waals surface area contributed by atoms with E-state index in [0.29, 0.717) is 43.2 Å². The third-order valence-electron chi connectivity index (χ3n) is 5.52. The van der Waals surface area contributed by atoms with Gasteiger partial charge in [0.05, 0.1) is 23.8 Å². The number of carbonyl (C=O) groups excluding carboxylic acids is 1. The number of H-pyrrole nitrogens is 1. The van der Waals surface area contributed by atoms with Crippen LogP contribution in [0.3, 0.4) is 0 Å². The fraction of sp³-hybridized carbons (Fsp3) is 0.273. The van der Waals surface area contributed by atoms with Crippen LogP contribution in [0.15, 0.2) is 47.4 Å². The first kappa shape index (κ1) is 22.0. The van der Waals surface area contributed by atoms with Gasteiger partial charge in [0, 0.05) is 24.3 Å². The minimum atomic E-state index is -3.60. The Bertz CT molecular complexity index is 1250. The van der Waals surface area contributed by atoms with Gasteiger partial charge in [0.25, 0.3) is 5.91 Å². The zero-order valence-corrected chi connectivity index (χ0v) is 18.6. The molecule has 2 heterocycles. The van der Waals surface area contributed by atoms with E-state index in [0.717, 1.165) is 11.1 Å². The van der Waals surface area contributed by atoms with Gasteiger partial charge in [-0.2, -0.15) is 9.40 Å². The van der Waals surface area contributed by atoms with Crippen molar-refractivity contribution in [3.8, 4) is 17.0 Å². The first-order valence-corrected chi connectivity index (χ1v) is 11.6. The highest BCUT2D eigenvalue weighted by atomic mass is 32.2. The number of phenolic OH excluding ortho intramolecular Hbond substituents is 1. The highest BCUT2D eigenvalue weighted by Crippen LogP contribution is 2.32. The Morgan fingerprint density at radius 3 is 2.50 bits per heavy atom. The van der Waals surface area contributed by atoms with E-state index in [1.165, 1.54) is 28.6 Å². The first-order valence-electron chi connectivity index (χ1n) is 10.1. The molecule has 2 aromatic carbocycles. The Balaban J connectivity index is 1.47. The van der Waals surface area contributed by atoms with E-state index in [-0.39, 0.29) is 16.3 Å². The van der Waals surface area contributed by atoms with Gasteiger partial charge in [-0.25, -0.2) is 8.42 Å². The van der Waals surface area contributed by atoms with Gasteiger partial charge in [0.15, 0.2) is 0 Å². The van der Waals surface area contributed by atoms with Crippen LogP contribution in [-0.2, 0) is 14.8 Å². The molecule has 0 radical (unpaired) electrons. The van der Waals surface area contributed by atoms with E-state index >= 15 is 0 Å². The molecular formula is C22H24N4O5S. The summed E-state index contributed by atoms with van der Waals surface area (Å²) < 4.78 is 32.0. The Labute approximate surface area is 186 Å². The van der Waals surface area contributed by atoms with Crippen LogP contribution in [0.25, 0.3) is 11.3 Å². The van der Waals surface area contributed by atoms with Gasteiger partial charge in [-0.15, -0.1) is 0 Å².